The predicted octanol–water partition coefficient (Wildman–Crippen LogP) is 3.04. The van der Waals surface area contributed by atoms with Crippen molar-refractivity contribution in [2.75, 3.05) is 24.6 Å². The summed E-state index contributed by atoms with van der Waals surface area (Å²) in [6.45, 7) is 2.26. The SMILES string of the molecule is N[C@H]1CCN(c2ccc3c(CCCCO)c(CC4CC4)ncc3c2)C1. The second-order valence-electron chi connectivity index (χ2n) is 7.78. The molecule has 2 aromatic rings. The van der Waals surface area contributed by atoms with Gasteiger partial charge in [-0.3, -0.25) is 4.98 Å². The van der Waals surface area contributed by atoms with Crippen LogP contribution in [0.4, 0.5) is 5.69 Å². The van der Waals surface area contributed by atoms with E-state index in [1.165, 1.54) is 40.6 Å². The molecule has 134 valence electrons. The van der Waals surface area contributed by atoms with Crippen molar-refractivity contribution in [2.45, 2.75) is 51.0 Å². The first-order valence-electron chi connectivity index (χ1n) is 9.76. The zero-order valence-electron chi connectivity index (χ0n) is 15.0. The molecular weight excluding hydrogens is 310 g/mol. The molecule has 2 fully saturated rings. The minimum atomic E-state index is 0.273. The zero-order chi connectivity index (χ0) is 17.2. The monoisotopic (exact) mass is 339 g/mol. The molecule has 2 heterocycles. The van der Waals surface area contributed by atoms with E-state index in [1.54, 1.807) is 0 Å². The summed E-state index contributed by atoms with van der Waals surface area (Å²) in [5.74, 6) is 0.840. The third-order valence-electron chi connectivity index (χ3n) is 5.67. The van der Waals surface area contributed by atoms with Crippen molar-refractivity contribution in [3.05, 3.63) is 35.7 Å². The Morgan fingerprint density at radius 2 is 2.08 bits per heavy atom. The molecule has 1 aliphatic heterocycles. The van der Waals surface area contributed by atoms with Crippen molar-refractivity contribution < 1.29 is 5.11 Å². The quantitative estimate of drug-likeness (QED) is 0.761. The number of pyridine rings is 1. The van der Waals surface area contributed by atoms with Crippen molar-refractivity contribution in [2.24, 2.45) is 11.7 Å². The van der Waals surface area contributed by atoms with Crippen LogP contribution in [0.1, 0.15) is 43.4 Å². The first-order chi connectivity index (χ1) is 12.2. The summed E-state index contributed by atoms with van der Waals surface area (Å²) in [6.07, 6.45) is 9.85. The summed E-state index contributed by atoms with van der Waals surface area (Å²) >= 11 is 0. The summed E-state index contributed by atoms with van der Waals surface area (Å²) in [4.78, 5) is 7.23. The molecule has 2 aliphatic rings. The Morgan fingerprint density at radius 3 is 2.80 bits per heavy atom. The van der Waals surface area contributed by atoms with Crippen molar-refractivity contribution in [3.8, 4) is 0 Å². The second kappa shape index (κ2) is 7.30. The topological polar surface area (TPSA) is 62.4 Å². The van der Waals surface area contributed by atoms with Crippen LogP contribution in [0.2, 0.25) is 0 Å². The van der Waals surface area contributed by atoms with Gasteiger partial charge in [0.2, 0.25) is 0 Å². The van der Waals surface area contributed by atoms with Gasteiger partial charge in [-0.25, -0.2) is 0 Å². The van der Waals surface area contributed by atoms with Gasteiger partial charge in [-0.2, -0.15) is 0 Å². The van der Waals surface area contributed by atoms with Gasteiger partial charge in [0, 0.05) is 48.7 Å². The van der Waals surface area contributed by atoms with E-state index in [4.69, 9.17) is 15.8 Å². The molecule has 4 heteroatoms. The van der Waals surface area contributed by atoms with Gasteiger partial charge in [0.1, 0.15) is 0 Å². The van der Waals surface area contributed by atoms with Gasteiger partial charge in [0.15, 0.2) is 0 Å². The molecule has 3 N–H and O–H groups in total. The van der Waals surface area contributed by atoms with E-state index in [0.29, 0.717) is 6.04 Å². The summed E-state index contributed by atoms with van der Waals surface area (Å²) in [7, 11) is 0. The Bertz CT molecular complexity index is 741. The lowest BCUT2D eigenvalue weighted by atomic mass is 9.96. The minimum Gasteiger partial charge on any atom is -0.396 e. The fourth-order valence-electron chi connectivity index (χ4n) is 3.99. The van der Waals surface area contributed by atoms with Gasteiger partial charge in [-0.1, -0.05) is 6.07 Å². The Morgan fingerprint density at radius 1 is 1.20 bits per heavy atom. The molecule has 1 aromatic carbocycles. The van der Waals surface area contributed by atoms with Gasteiger partial charge >= 0.3 is 0 Å². The molecule has 0 unspecified atom stereocenters. The van der Waals surface area contributed by atoms with Crippen molar-refractivity contribution in [1.29, 1.82) is 0 Å². The van der Waals surface area contributed by atoms with Crippen LogP contribution in [0.5, 0.6) is 0 Å². The van der Waals surface area contributed by atoms with E-state index in [9.17, 15) is 0 Å². The van der Waals surface area contributed by atoms with Crippen LogP contribution < -0.4 is 10.6 Å². The second-order valence-corrected chi connectivity index (χ2v) is 7.78. The molecule has 0 amide bonds. The molecule has 0 bridgehead atoms. The number of aromatic nitrogens is 1. The number of fused-ring (bicyclic) bond motifs is 1. The summed E-state index contributed by atoms with van der Waals surface area (Å²) < 4.78 is 0. The lowest BCUT2D eigenvalue weighted by Crippen LogP contribution is -2.26. The van der Waals surface area contributed by atoms with Crippen LogP contribution in [0.15, 0.2) is 24.4 Å². The number of benzene rings is 1. The molecule has 1 aliphatic carbocycles. The normalized spacial score (nSPS) is 20.6. The number of hydrogen-bond donors (Lipinski definition) is 2. The number of aryl methyl sites for hydroxylation is 1. The number of nitrogens with two attached hydrogens (primary N) is 1. The standard InChI is InChI=1S/C21H29N3O/c22-17-8-9-24(14-17)18-6-7-19-16(12-18)13-23-21(11-15-4-5-15)20(19)3-1-2-10-25/h6-7,12-13,15,17,25H,1-5,8-11,14,22H2/t17-/m0/s1. The first kappa shape index (κ1) is 16.8. The van der Waals surface area contributed by atoms with Gasteiger partial charge in [-0.05, 0) is 73.9 Å². The van der Waals surface area contributed by atoms with E-state index in [1.807, 2.05) is 0 Å². The van der Waals surface area contributed by atoms with Crippen LogP contribution >= 0.6 is 0 Å². The first-order valence-corrected chi connectivity index (χ1v) is 9.76. The molecule has 0 radical (unpaired) electrons. The van der Waals surface area contributed by atoms with Crippen LogP contribution in [0, 0.1) is 5.92 Å². The van der Waals surface area contributed by atoms with Gasteiger partial charge in [-0.15, -0.1) is 0 Å². The zero-order valence-corrected chi connectivity index (χ0v) is 15.0. The van der Waals surface area contributed by atoms with Crippen LogP contribution in [-0.4, -0.2) is 35.8 Å². The number of anilines is 1. The summed E-state index contributed by atoms with van der Waals surface area (Å²) in [6, 6.07) is 7.10. The highest BCUT2D eigenvalue weighted by molar-refractivity contribution is 5.88. The number of aliphatic hydroxyl groups excluding tert-OH is 1. The molecule has 0 spiro atoms. The molecular formula is C21H29N3O. The van der Waals surface area contributed by atoms with Crippen LogP contribution in [0.25, 0.3) is 10.8 Å². The van der Waals surface area contributed by atoms with E-state index >= 15 is 0 Å². The molecule has 1 aromatic heterocycles. The fourth-order valence-corrected chi connectivity index (χ4v) is 3.99. The van der Waals surface area contributed by atoms with E-state index in [2.05, 4.69) is 29.3 Å². The van der Waals surface area contributed by atoms with Gasteiger partial charge < -0.3 is 15.7 Å². The van der Waals surface area contributed by atoms with Crippen molar-refractivity contribution in [1.82, 2.24) is 4.98 Å². The minimum absolute atomic E-state index is 0.273. The molecule has 1 saturated carbocycles. The molecule has 25 heavy (non-hydrogen) atoms. The fraction of sp³-hybridized carbons (Fsp3) is 0.571. The highest BCUT2D eigenvalue weighted by atomic mass is 16.2. The third-order valence-corrected chi connectivity index (χ3v) is 5.67. The van der Waals surface area contributed by atoms with Crippen molar-refractivity contribution >= 4 is 16.5 Å². The molecule has 1 atom stereocenters. The lowest BCUT2D eigenvalue weighted by Gasteiger charge is -2.20. The summed E-state index contributed by atoms with van der Waals surface area (Å²) in [5, 5.41) is 11.7. The highest BCUT2D eigenvalue weighted by Gasteiger charge is 2.24. The van der Waals surface area contributed by atoms with E-state index < -0.39 is 0 Å². The molecule has 4 nitrogen and oxygen atoms in total. The Kier molecular flexibility index (Phi) is 4.91. The van der Waals surface area contributed by atoms with Crippen LogP contribution in [0.3, 0.4) is 0 Å². The maximum absolute atomic E-state index is 9.13. The number of unbranched alkanes of at least 4 members (excludes halogenated alkanes) is 1. The smallest absolute Gasteiger partial charge is 0.0444 e. The predicted molar refractivity (Wildman–Crippen MR) is 103 cm³/mol. The third kappa shape index (κ3) is 3.80. The van der Waals surface area contributed by atoms with Gasteiger partial charge in [0.25, 0.3) is 0 Å². The maximum atomic E-state index is 9.13. The Labute approximate surface area is 150 Å². The highest BCUT2D eigenvalue weighted by Crippen LogP contribution is 2.35. The number of aliphatic hydroxyl groups is 1. The Hall–Kier alpha value is -1.65. The average molecular weight is 339 g/mol. The average Bonchev–Trinajstić information content (AvgIpc) is 3.34. The lowest BCUT2D eigenvalue weighted by molar-refractivity contribution is 0.284. The number of hydrogen-bond acceptors (Lipinski definition) is 4. The summed E-state index contributed by atoms with van der Waals surface area (Å²) in [5.41, 5.74) is 10.0. The number of nitrogens with zero attached hydrogens (tertiary/aromatic N) is 2. The van der Waals surface area contributed by atoms with Gasteiger partial charge in [0.05, 0.1) is 0 Å². The number of rotatable bonds is 7. The van der Waals surface area contributed by atoms with E-state index in [-0.39, 0.29) is 6.61 Å². The Balaban J connectivity index is 1.65. The molecule has 1 saturated heterocycles. The van der Waals surface area contributed by atoms with E-state index in [0.717, 1.165) is 51.1 Å². The molecule has 4 rings (SSSR count). The largest absolute Gasteiger partial charge is 0.396 e. The maximum Gasteiger partial charge on any atom is 0.0444 e. The van der Waals surface area contributed by atoms with Crippen molar-refractivity contribution in [3.63, 3.8) is 0 Å². The van der Waals surface area contributed by atoms with Crippen LogP contribution in [-0.2, 0) is 12.8 Å².